The predicted octanol–water partition coefficient (Wildman–Crippen LogP) is 2.00. The fourth-order valence-electron chi connectivity index (χ4n) is 3.86. The second-order valence-electron chi connectivity index (χ2n) is 6.43. The summed E-state index contributed by atoms with van der Waals surface area (Å²) < 4.78 is 0. The highest BCUT2D eigenvalue weighted by atomic mass is 16.3. The summed E-state index contributed by atoms with van der Waals surface area (Å²) in [5.74, 6) is 0.976. The highest BCUT2D eigenvalue weighted by molar-refractivity contribution is 4.89. The number of fused-ring (bicyclic) bond motifs is 1. The third-order valence-corrected chi connectivity index (χ3v) is 4.66. The van der Waals surface area contributed by atoms with Gasteiger partial charge in [0.05, 0.1) is 6.61 Å². The van der Waals surface area contributed by atoms with Gasteiger partial charge in [-0.3, -0.25) is 0 Å². The van der Waals surface area contributed by atoms with Crippen LogP contribution in [-0.2, 0) is 0 Å². The standard InChI is InChI=1S/C15H30N2O/c1-12(2)16-14(11-18)8-10-17-9-4-6-13-5-3-7-15(13)17/h12-16,18H,3-11H2,1-2H3. The molecule has 0 amide bonds. The molecule has 0 aromatic heterocycles. The van der Waals surface area contributed by atoms with E-state index in [1.54, 1.807) is 0 Å². The van der Waals surface area contributed by atoms with E-state index in [1.807, 2.05) is 0 Å². The van der Waals surface area contributed by atoms with Gasteiger partial charge in [-0.15, -0.1) is 0 Å². The second-order valence-corrected chi connectivity index (χ2v) is 6.43. The Morgan fingerprint density at radius 2 is 2.00 bits per heavy atom. The maximum absolute atomic E-state index is 9.41. The lowest BCUT2D eigenvalue weighted by atomic mass is 9.91. The molecule has 0 spiro atoms. The summed E-state index contributed by atoms with van der Waals surface area (Å²) in [7, 11) is 0. The SMILES string of the molecule is CC(C)NC(CO)CCN1CCCC2CCCC21. The molecule has 3 atom stereocenters. The fraction of sp³-hybridized carbons (Fsp3) is 1.00. The first-order valence-corrected chi connectivity index (χ1v) is 7.81. The number of aliphatic hydroxyl groups excluding tert-OH is 1. The molecule has 3 unspecified atom stereocenters. The molecule has 0 radical (unpaired) electrons. The quantitative estimate of drug-likeness (QED) is 0.761. The molecule has 18 heavy (non-hydrogen) atoms. The number of aliphatic hydroxyl groups is 1. The summed E-state index contributed by atoms with van der Waals surface area (Å²) in [6.07, 6.45) is 8.20. The summed E-state index contributed by atoms with van der Waals surface area (Å²) in [5, 5.41) is 12.9. The van der Waals surface area contributed by atoms with Crippen molar-refractivity contribution in [2.45, 2.75) is 70.5 Å². The van der Waals surface area contributed by atoms with Gasteiger partial charge in [-0.1, -0.05) is 20.3 Å². The predicted molar refractivity (Wildman–Crippen MR) is 75.7 cm³/mol. The van der Waals surface area contributed by atoms with Crippen molar-refractivity contribution >= 4 is 0 Å². The maximum atomic E-state index is 9.41. The Kier molecular flexibility index (Phi) is 5.46. The van der Waals surface area contributed by atoms with Gasteiger partial charge in [0.25, 0.3) is 0 Å². The highest BCUT2D eigenvalue weighted by Gasteiger charge is 2.34. The van der Waals surface area contributed by atoms with E-state index < -0.39 is 0 Å². The molecule has 0 bridgehead atoms. The lowest BCUT2D eigenvalue weighted by Crippen LogP contribution is -2.46. The van der Waals surface area contributed by atoms with E-state index in [-0.39, 0.29) is 12.6 Å². The van der Waals surface area contributed by atoms with E-state index in [2.05, 4.69) is 24.1 Å². The Morgan fingerprint density at radius 1 is 1.22 bits per heavy atom. The van der Waals surface area contributed by atoms with Crippen molar-refractivity contribution in [2.75, 3.05) is 19.7 Å². The number of nitrogens with one attached hydrogen (secondary N) is 1. The van der Waals surface area contributed by atoms with Gasteiger partial charge in [0.2, 0.25) is 0 Å². The summed E-state index contributed by atoms with van der Waals surface area (Å²) in [6.45, 7) is 7.00. The molecule has 2 N–H and O–H groups in total. The maximum Gasteiger partial charge on any atom is 0.0585 e. The molecule has 1 aliphatic heterocycles. The average molecular weight is 254 g/mol. The molecule has 1 heterocycles. The Hall–Kier alpha value is -0.120. The third-order valence-electron chi connectivity index (χ3n) is 4.66. The van der Waals surface area contributed by atoms with Gasteiger partial charge >= 0.3 is 0 Å². The van der Waals surface area contributed by atoms with Crippen LogP contribution in [0.1, 0.15) is 52.4 Å². The molecule has 0 aromatic carbocycles. The van der Waals surface area contributed by atoms with Gasteiger partial charge in [0.1, 0.15) is 0 Å². The smallest absolute Gasteiger partial charge is 0.0585 e. The first kappa shape index (κ1) is 14.3. The molecule has 106 valence electrons. The van der Waals surface area contributed by atoms with E-state index >= 15 is 0 Å². The minimum atomic E-state index is 0.264. The van der Waals surface area contributed by atoms with Crippen LogP contribution in [0.4, 0.5) is 0 Å². The lowest BCUT2D eigenvalue weighted by molar-refractivity contribution is 0.102. The fourth-order valence-corrected chi connectivity index (χ4v) is 3.86. The van der Waals surface area contributed by atoms with Crippen LogP contribution in [0.5, 0.6) is 0 Å². The summed E-state index contributed by atoms with van der Waals surface area (Å²) >= 11 is 0. The molecule has 3 heteroatoms. The molecule has 2 fully saturated rings. The zero-order valence-electron chi connectivity index (χ0n) is 12.1. The number of nitrogens with zero attached hydrogens (tertiary/aromatic N) is 1. The van der Waals surface area contributed by atoms with Crippen molar-refractivity contribution in [3.63, 3.8) is 0 Å². The Balaban J connectivity index is 1.77. The summed E-state index contributed by atoms with van der Waals surface area (Å²) in [4.78, 5) is 2.70. The molecule has 0 aromatic rings. The monoisotopic (exact) mass is 254 g/mol. The molecule has 2 aliphatic rings. The molecule has 1 saturated carbocycles. The van der Waals surface area contributed by atoms with Gasteiger partial charge in [0, 0.05) is 24.7 Å². The van der Waals surface area contributed by atoms with Gasteiger partial charge in [0.15, 0.2) is 0 Å². The van der Waals surface area contributed by atoms with Crippen molar-refractivity contribution in [3.8, 4) is 0 Å². The second kappa shape index (κ2) is 6.88. The van der Waals surface area contributed by atoms with Crippen molar-refractivity contribution in [2.24, 2.45) is 5.92 Å². The molecule has 1 saturated heterocycles. The topological polar surface area (TPSA) is 35.5 Å². The van der Waals surface area contributed by atoms with Crippen LogP contribution in [0.15, 0.2) is 0 Å². The van der Waals surface area contributed by atoms with Gasteiger partial charge < -0.3 is 15.3 Å². The van der Waals surface area contributed by atoms with E-state index in [4.69, 9.17) is 0 Å². The van der Waals surface area contributed by atoms with Crippen LogP contribution in [0.3, 0.4) is 0 Å². The van der Waals surface area contributed by atoms with Crippen LogP contribution in [0.2, 0.25) is 0 Å². The zero-order valence-corrected chi connectivity index (χ0v) is 12.1. The Morgan fingerprint density at radius 3 is 2.72 bits per heavy atom. The largest absolute Gasteiger partial charge is 0.395 e. The number of piperidine rings is 1. The van der Waals surface area contributed by atoms with E-state index in [9.17, 15) is 5.11 Å². The minimum Gasteiger partial charge on any atom is -0.395 e. The Bertz CT molecular complexity index is 245. The van der Waals surface area contributed by atoms with Crippen LogP contribution in [-0.4, -0.2) is 47.8 Å². The van der Waals surface area contributed by atoms with E-state index in [1.165, 1.54) is 38.6 Å². The minimum absolute atomic E-state index is 0.264. The zero-order chi connectivity index (χ0) is 13.0. The van der Waals surface area contributed by atoms with Crippen LogP contribution >= 0.6 is 0 Å². The molecule has 2 rings (SSSR count). The average Bonchev–Trinajstić information content (AvgIpc) is 2.82. The number of rotatable bonds is 6. The van der Waals surface area contributed by atoms with Gasteiger partial charge in [-0.05, 0) is 44.6 Å². The first-order valence-electron chi connectivity index (χ1n) is 7.81. The van der Waals surface area contributed by atoms with Crippen molar-refractivity contribution < 1.29 is 5.11 Å². The van der Waals surface area contributed by atoms with Crippen molar-refractivity contribution in [3.05, 3.63) is 0 Å². The van der Waals surface area contributed by atoms with Crippen molar-refractivity contribution in [1.29, 1.82) is 0 Å². The first-order chi connectivity index (χ1) is 8.70. The van der Waals surface area contributed by atoms with Crippen LogP contribution < -0.4 is 5.32 Å². The third kappa shape index (κ3) is 3.69. The van der Waals surface area contributed by atoms with Crippen LogP contribution in [0.25, 0.3) is 0 Å². The highest BCUT2D eigenvalue weighted by Crippen LogP contribution is 2.36. The van der Waals surface area contributed by atoms with E-state index in [0.29, 0.717) is 6.04 Å². The summed E-state index contributed by atoms with van der Waals surface area (Å²) in [6, 6.07) is 1.59. The molecular weight excluding hydrogens is 224 g/mol. The van der Waals surface area contributed by atoms with E-state index in [0.717, 1.165) is 24.9 Å². The lowest BCUT2D eigenvalue weighted by Gasteiger charge is -2.38. The normalized spacial score (nSPS) is 30.7. The summed E-state index contributed by atoms with van der Waals surface area (Å²) in [5.41, 5.74) is 0. The van der Waals surface area contributed by atoms with Crippen LogP contribution in [0, 0.1) is 5.92 Å². The number of likely N-dealkylation sites (tertiary alicyclic amines) is 1. The van der Waals surface area contributed by atoms with Gasteiger partial charge in [-0.2, -0.15) is 0 Å². The van der Waals surface area contributed by atoms with Gasteiger partial charge in [-0.25, -0.2) is 0 Å². The molecule has 3 nitrogen and oxygen atoms in total. The Labute approximate surface area is 112 Å². The molecule has 1 aliphatic carbocycles. The van der Waals surface area contributed by atoms with Crippen molar-refractivity contribution in [1.82, 2.24) is 10.2 Å². The molecular formula is C15H30N2O. The number of hydrogen-bond acceptors (Lipinski definition) is 3. The number of hydrogen-bond donors (Lipinski definition) is 2.